The number of guanidine groups is 1. The van der Waals surface area contributed by atoms with Crippen molar-refractivity contribution < 1.29 is 4.79 Å². The average molecular weight is 487 g/mol. The van der Waals surface area contributed by atoms with Crippen LogP contribution in [0.1, 0.15) is 31.7 Å². The SMILES string of the molecule is CCN(CCNC(=NC)N1CCCC(CC(N)=O)C1)c1cccc(C)c1.I. The van der Waals surface area contributed by atoms with Gasteiger partial charge >= 0.3 is 0 Å². The lowest BCUT2D eigenvalue weighted by Gasteiger charge is -2.35. The molecule has 0 aliphatic carbocycles. The molecule has 1 aromatic carbocycles. The molecule has 1 unspecified atom stereocenters. The molecule has 0 saturated carbocycles. The molecule has 6 nitrogen and oxygen atoms in total. The maximum Gasteiger partial charge on any atom is 0.217 e. The number of hydrogen-bond acceptors (Lipinski definition) is 3. The first-order valence-corrected chi connectivity index (χ1v) is 9.59. The molecule has 152 valence electrons. The number of primary amides is 1. The van der Waals surface area contributed by atoms with Gasteiger partial charge in [-0.3, -0.25) is 9.79 Å². The van der Waals surface area contributed by atoms with E-state index in [1.54, 1.807) is 0 Å². The van der Waals surface area contributed by atoms with Crippen molar-refractivity contribution in [3.05, 3.63) is 29.8 Å². The van der Waals surface area contributed by atoms with Crippen molar-refractivity contribution in [2.24, 2.45) is 16.6 Å². The summed E-state index contributed by atoms with van der Waals surface area (Å²) in [6.45, 7) is 8.83. The van der Waals surface area contributed by atoms with Gasteiger partial charge in [0.05, 0.1) is 0 Å². The fourth-order valence-electron chi connectivity index (χ4n) is 3.64. The lowest BCUT2D eigenvalue weighted by Crippen LogP contribution is -2.48. The number of anilines is 1. The maximum absolute atomic E-state index is 11.2. The van der Waals surface area contributed by atoms with Gasteiger partial charge in [0.25, 0.3) is 0 Å². The van der Waals surface area contributed by atoms with E-state index in [1.807, 2.05) is 7.05 Å². The van der Waals surface area contributed by atoms with Crippen LogP contribution in [0.15, 0.2) is 29.3 Å². The van der Waals surface area contributed by atoms with Gasteiger partial charge in [-0.15, -0.1) is 24.0 Å². The van der Waals surface area contributed by atoms with E-state index < -0.39 is 0 Å². The first-order chi connectivity index (χ1) is 12.5. The highest BCUT2D eigenvalue weighted by Gasteiger charge is 2.23. The highest BCUT2D eigenvalue weighted by Crippen LogP contribution is 2.19. The zero-order valence-electron chi connectivity index (χ0n) is 16.8. The van der Waals surface area contributed by atoms with Crippen LogP contribution >= 0.6 is 24.0 Å². The second-order valence-electron chi connectivity index (χ2n) is 7.02. The summed E-state index contributed by atoms with van der Waals surface area (Å²) in [5.74, 6) is 1.04. The Morgan fingerprint density at radius 3 is 2.85 bits per heavy atom. The van der Waals surface area contributed by atoms with Gasteiger partial charge < -0.3 is 20.9 Å². The molecular formula is C20H34IN5O. The van der Waals surface area contributed by atoms with Gasteiger partial charge in [-0.05, 0) is 50.3 Å². The summed E-state index contributed by atoms with van der Waals surface area (Å²) in [5.41, 5.74) is 7.89. The minimum atomic E-state index is -0.212. The molecule has 0 aromatic heterocycles. The number of nitrogens with zero attached hydrogens (tertiary/aromatic N) is 3. The Morgan fingerprint density at radius 1 is 1.44 bits per heavy atom. The largest absolute Gasteiger partial charge is 0.370 e. The Kier molecular flexibility index (Phi) is 10.5. The number of carbonyl (C=O) groups excluding carboxylic acids is 1. The van der Waals surface area contributed by atoms with Crippen LogP contribution in [0, 0.1) is 12.8 Å². The van der Waals surface area contributed by atoms with Crippen LogP contribution in [0.4, 0.5) is 5.69 Å². The standard InChI is InChI=1S/C20H33N5O.HI/c1-4-24(18-9-5-7-16(2)13-18)12-10-23-20(22-3)25-11-6-8-17(15-25)14-19(21)26;/h5,7,9,13,17H,4,6,8,10-12,14-15H2,1-3H3,(H2,21,26)(H,22,23);1H. The maximum atomic E-state index is 11.2. The third-order valence-electron chi connectivity index (χ3n) is 4.93. The second-order valence-corrected chi connectivity index (χ2v) is 7.02. The minimum Gasteiger partial charge on any atom is -0.370 e. The van der Waals surface area contributed by atoms with E-state index in [4.69, 9.17) is 5.73 Å². The number of piperidine rings is 1. The van der Waals surface area contributed by atoms with Gasteiger partial charge in [-0.1, -0.05) is 12.1 Å². The number of halogens is 1. The number of nitrogens with one attached hydrogen (secondary N) is 1. The number of rotatable bonds is 7. The number of benzene rings is 1. The van der Waals surface area contributed by atoms with Crippen LogP contribution in [0.25, 0.3) is 0 Å². The quantitative estimate of drug-likeness (QED) is 0.353. The van der Waals surface area contributed by atoms with E-state index in [0.717, 1.165) is 51.5 Å². The molecule has 1 heterocycles. The summed E-state index contributed by atoms with van der Waals surface area (Å²) in [6, 6.07) is 8.60. The molecule has 2 rings (SSSR count). The number of likely N-dealkylation sites (N-methyl/N-ethyl adjacent to an activating group) is 1. The molecule has 1 fully saturated rings. The summed E-state index contributed by atoms with van der Waals surface area (Å²) in [5, 5.41) is 3.48. The summed E-state index contributed by atoms with van der Waals surface area (Å²) >= 11 is 0. The van der Waals surface area contributed by atoms with E-state index in [-0.39, 0.29) is 29.9 Å². The number of aryl methyl sites for hydroxylation is 1. The Hall–Kier alpha value is -1.51. The molecule has 27 heavy (non-hydrogen) atoms. The predicted octanol–water partition coefficient (Wildman–Crippen LogP) is 2.60. The molecule has 1 saturated heterocycles. The Balaban J connectivity index is 0.00000364. The summed E-state index contributed by atoms with van der Waals surface area (Å²) in [6.07, 6.45) is 2.60. The molecular weight excluding hydrogens is 453 g/mol. The molecule has 0 bridgehead atoms. The third-order valence-corrected chi connectivity index (χ3v) is 4.93. The average Bonchev–Trinajstić information content (AvgIpc) is 2.61. The molecule has 1 aliphatic rings. The summed E-state index contributed by atoms with van der Waals surface area (Å²) in [7, 11) is 1.82. The molecule has 7 heteroatoms. The third kappa shape index (κ3) is 7.56. The second kappa shape index (κ2) is 12.0. The van der Waals surface area contributed by atoms with Gasteiger partial charge in [-0.2, -0.15) is 0 Å². The van der Waals surface area contributed by atoms with Crippen molar-refractivity contribution >= 4 is 41.5 Å². The van der Waals surface area contributed by atoms with Crippen LogP contribution in [0.3, 0.4) is 0 Å². The predicted molar refractivity (Wildman–Crippen MR) is 124 cm³/mol. The zero-order valence-corrected chi connectivity index (χ0v) is 19.1. The number of amides is 1. The van der Waals surface area contributed by atoms with Crippen LogP contribution in [0.5, 0.6) is 0 Å². The molecule has 1 atom stereocenters. The van der Waals surface area contributed by atoms with E-state index in [9.17, 15) is 4.79 Å². The van der Waals surface area contributed by atoms with Crippen molar-refractivity contribution in [1.82, 2.24) is 10.2 Å². The van der Waals surface area contributed by atoms with Gasteiger partial charge in [-0.25, -0.2) is 0 Å². The van der Waals surface area contributed by atoms with Crippen molar-refractivity contribution in [3.8, 4) is 0 Å². The Bertz CT molecular complexity index is 622. The Labute approximate surface area is 180 Å². The lowest BCUT2D eigenvalue weighted by molar-refractivity contribution is -0.119. The normalized spacial score (nSPS) is 17.2. The van der Waals surface area contributed by atoms with Crippen molar-refractivity contribution in [1.29, 1.82) is 0 Å². The Morgan fingerprint density at radius 2 is 2.22 bits per heavy atom. The zero-order chi connectivity index (χ0) is 18.9. The molecule has 0 radical (unpaired) electrons. The van der Waals surface area contributed by atoms with Gasteiger partial charge in [0.2, 0.25) is 5.91 Å². The number of carbonyl (C=O) groups is 1. The van der Waals surface area contributed by atoms with Crippen LogP contribution < -0.4 is 16.0 Å². The van der Waals surface area contributed by atoms with Crippen molar-refractivity contribution in [3.63, 3.8) is 0 Å². The van der Waals surface area contributed by atoms with Crippen LogP contribution in [-0.2, 0) is 4.79 Å². The lowest BCUT2D eigenvalue weighted by atomic mass is 9.95. The first-order valence-electron chi connectivity index (χ1n) is 9.59. The van der Waals surface area contributed by atoms with Crippen LogP contribution in [-0.4, -0.2) is 56.5 Å². The van der Waals surface area contributed by atoms with E-state index >= 15 is 0 Å². The van der Waals surface area contributed by atoms with Gasteiger partial charge in [0, 0.05) is 51.9 Å². The van der Waals surface area contributed by atoms with E-state index in [2.05, 4.69) is 58.2 Å². The van der Waals surface area contributed by atoms with E-state index in [0.29, 0.717) is 12.3 Å². The fraction of sp³-hybridized carbons (Fsp3) is 0.600. The highest BCUT2D eigenvalue weighted by molar-refractivity contribution is 14.0. The molecule has 1 aromatic rings. The molecule has 1 amide bonds. The molecule has 1 aliphatic heterocycles. The number of nitrogens with two attached hydrogens (primary N) is 1. The first kappa shape index (κ1) is 23.5. The monoisotopic (exact) mass is 487 g/mol. The highest BCUT2D eigenvalue weighted by atomic mass is 127. The minimum absolute atomic E-state index is 0. The van der Waals surface area contributed by atoms with Crippen molar-refractivity contribution in [2.45, 2.75) is 33.1 Å². The topological polar surface area (TPSA) is 74.0 Å². The number of hydrogen-bond donors (Lipinski definition) is 2. The van der Waals surface area contributed by atoms with Crippen LogP contribution in [0.2, 0.25) is 0 Å². The van der Waals surface area contributed by atoms with Gasteiger partial charge in [0.1, 0.15) is 0 Å². The number of aliphatic imine (C=N–C) groups is 1. The smallest absolute Gasteiger partial charge is 0.217 e. The van der Waals surface area contributed by atoms with Crippen molar-refractivity contribution in [2.75, 3.05) is 44.7 Å². The fourth-order valence-corrected chi connectivity index (χ4v) is 3.64. The van der Waals surface area contributed by atoms with E-state index in [1.165, 1.54) is 11.3 Å². The molecule has 0 spiro atoms. The molecule has 3 N–H and O–H groups in total. The number of likely N-dealkylation sites (tertiary alicyclic amines) is 1. The summed E-state index contributed by atoms with van der Waals surface area (Å²) < 4.78 is 0. The van der Waals surface area contributed by atoms with Gasteiger partial charge in [0.15, 0.2) is 5.96 Å². The summed E-state index contributed by atoms with van der Waals surface area (Å²) in [4.78, 5) is 20.2.